The second-order valence-corrected chi connectivity index (χ2v) is 12.6. The molecule has 4 atom stereocenters. The molecule has 3 aromatic carbocycles. The summed E-state index contributed by atoms with van der Waals surface area (Å²) < 4.78 is 28.4. The Hall–Kier alpha value is -4.21. The van der Waals surface area contributed by atoms with Crippen LogP contribution in [0.5, 0.6) is 11.5 Å². The van der Waals surface area contributed by atoms with Crippen LogP contribution in [0.25, 0.3) is 0 Å². The Morgan fingerprint density at radius 1 is 0.880 bits per heavy atom. The first-order chi connectivity index (χ1) is 24.4. The number of nitrogens with one attached hydrogen (secondary N) is 1. The number of aliphatic hydroxyl groups excluding tert-OH is 1. The molecule has 4 rings (SSSR count). The highest BCUT2D eigenvalue weighted by molar-refractivity contribution is 5.97. The zero-order chi connectivity index (χ0) is 35.7. The molecule has 3 aromatic rings. The second-order valence-electron chi connectivity index (χ2n) is 12.6. The summed E-state index contributed by atoms with van der Waals surface area (Å²) in [6, 6.07) is 26.5. The number of allylic oxidation sites excluding steroid dienone is 3. The predicted molar refractivity (Wildman–Crippen MR) is 197 cm³/mol. The molecule has 0 aromatic heterocycles. The van der Waals surface area contributed by atoms with E-state index in [4.69, 9.17) is 23.7 Å². The molecule has 1 aliphatic rings. The van der Waals surface area contributed by atoms with E-state index in [0.717, 1.165) is 42.0 Å². The van der Waals surface area contributed by atoms with Crippen molar-refractivity contribution in [3.8, 4) is 11.5 Å². The number of aliphatic hydroxyl groups is 1. The summed E-state index contributed by atoms with van der Waals surface area (Å²) >= 11 is 0. The van der Waals surface area contributed by atoms with Crippen LogP contribution in [-0.2, 0) is 32.2 Å². The van der Waals surface area contributed by atoms with Crippen LogP contribution in [0.15, 0.2) is 114 Å². The standard InChI is InChI=1S/C42H53NO7/c1-30(28-44)24-34-25-40(48-4)42(49-5)41(34)39(45)26-37(50-29-32-18-22-36(47-3)23-19-32)14-10-7-11-15-38(33-12-8-6-9-13-33)43-27-31-16-20-35(46-2)21-17-31/h6-9,11-13,16-24,34,37-38,40,43-44H,10,14-15,25-29H2,1-5H3/b11-7+,30-24-/t34-,37-,38-,40-/m0/s1. The number of carbonyl (C=O) groups is 1. The van der Waals surface area contributed by atoms with Crippen molar-refractivity contribution in [2.24, 2.45) is 5.92 Å². The van der Waals surface area contributed by atoms with Crippen molar-refractivity contribution in [1.29, 1.82) is 0 Å². The fourth-order valence-electron chi connectivity index (χ4n) is 6.28. The predicted octanol–water partition coefficient (Wildman–Crippen LogP) is 7.68. The number of methoxy groups -OCH3 is 4. The van der Waals surface area contributed by atoms with Crippen LogP contribution in [0.4, 0.5) is 0 Å². The molecule has 0 radical (unpaired) electrons. The van der Waals surface area contributed by atoms with Gasteiger partial charge in [0.25, 0.3) is 0 Å². The third kappa shape index (κ3) is 11.4. The molecule has 50 heavy (non-hydrogen) atoms. The Labute approximate surface area is 297 Å². The van der Waals surface area contributed by atoms with Gasteiger partial charge in [-0.1, -0.05) is 78.4 Å². The van der Waals surface area contributed by atoms with Gasteiger partial charge in [0.2, 0.25) is 0 Å². The molecule has 0 spiro atoms. The molecule has 0 amide bonds. The van der Waals surface area contributed by atoms with Gasteiger partial charge in [-0.15, -0.1) is 0 Å². The van der Waals surface area contributed by atoms with Gasteiger partial charge in [-0.05, 0) is 73.6 Å². The lowest BCUT2D eigenvalue weighted by Gasteiger charge is -2.20. The lowest BCUT2D eigenvalue weighted by Crippen LogP contribution is -2.21. The molecule has 0 saturated carbocycles. The maximum Gasteiger partial charge on any atom is 0.165 e. The van der Waals surface area contributed by atoms with Gasteiger partial charge in [-0.3, -0.25) is 4.79 Å². The zero-order valence-corrected chi connectivity index (χ0v) is 30.1. The topological polar surface area (TPSA) is 95.5 Å². The number of hydrogen-bond donors (Lipinski definition) is 2. The normalized spacial score (nSPS) is 17.6. The number of hydrogen-bond acceptors (Lipinski definition) is 8. The van der Waals surface area contributed by atoms with Crippen LogP contribution in [0.3, 0.4) is 0 Å². The lowest BCUT2D eigenvalue weighted by molar-refractivity contribution is -0.119. The van der Waals surface area contributed by atoms with Gasteiger partial charge in [0.1, 0.15) is 23.4 Å². The average molecular weight is 684 g/mol. The fraction of sp³-hybridized carbons (Fsp3) is 0.405. The van der Waals surface area contributed by atoms with Crippen LogP contribution in [0.1, 0.15) is 61.8 Å². The second kappa shape index (κ2) is 20.5. The minimum absolute atomic E-state index is 0.0241. The SMILES string of the molecule is COC1=C(C(=O)C[C@H](CC/C=C/C[C@H](NCc2ccc(OC)cc2)c2ccccc2)OCc2ccc(OC)cc2)[C@@H](/C=C(/C)CO)C[C@@H]1OC. The van der Waals surface area contributed by atoms with E-state index in [1.165, 1.54) is 11.1 Å². The Kier molecular flexibility index (Phi) is 15.8. The quantitative estimate of drug-likeness (QED) is 0.111. The number of carbonyl (C=O) groups excluding carboxylic acids is 1. The first kappa shape index (κ1) is 38.6. The molecular weight excluding hydrogens is 630 g/mol. The Morgan fingerprint density at radius 3 is 2.14 bits per heavy atom. The minimum Gasteiger partial charge on any atom is -0.498 e. The molecule has 0 heterocycles. The van der Waals surface area contributed by atoms with Crippen molar-refractivity contribution >= 4 is 5.78 Å². The molecule has 0 unspecified atom stereocenters. The minimum atomic E-state index is -0.317. The summed E-state index contributed by atoms with van der Waals surface area (Å²) in [6.07, 6.45) is 8.76. The van der Waals surface area contributed by atoms with E-state index in [9.17, 15) is 9.90 Å². The van der Waals surface area contributed by atoms with Crippen LogP contribution in [0.2, 0.25) is 0 Å². The lowest BCUT2D eigenvalue weighted by atomic mass is 9.92. The highest BCUT2D eigenvalue weighted by atomic mass is 16.5. The van der Waals surface area contributed by atoms with Gasteiger partial charge >= 0.3 is 0 Å². The number of ether oxygens (including phenoxy) is 5. The Balaban J connectivity index is 1.45. The average Bonchev–Trinajstić information content (AvgIpc) is 3.52. The van der Waals surface area contributed by atoms with Gasteiger partial charge in [0.05, 0.1) is 40.6 Å². The van der Waals surface area contributed by atoms with Crippen molar-refractivity contribution in [2.45, 2.75) is 70.4 Å². The fourth-order valence-corrected chi connectivity index (χ4v) is 6.28. The summed E-state index contributed by atoms with van der Waals surface area (Å²) in [4.78, 5) is 14.0. The van der Waals surface area contributed by atoms with Gasteiger partial charge < -0.3 is 34.1 Å². The van der Waals surface area contributed by atoms with Crippen molar-refractivity contribution in [2.75, 3.05) is 35.0 Å². The van der Waals surface area contributed by atoms with Crippen molar-refractivity contribution in [1.82, 2.24) is 5.32 Å². The van der Waals surface area contributed by atoms with Gasteiger partial charge in [-0.25, -0.2) is 0 Å². The number of rotatable bonds is 21. The van der Waals surface area contributed by atoms with Crippen molar-refractivity contribution in [3.05, 3.63) is 131 Å². The molecule has 2 N–H and O–H groups in total. The van der Waals surface area contributed by atoms with Gasteiger partial charge in [-0.2, -0.15) is 0 Å². The van der Waals surface area contributed by atoms with Crippen LogP contribution in [-0.4, -0.2) is 58.1 Å². The third-order valence-corrected chi connectivity index (χ3v) is 9.10. The summed E-state index contributed by atoms with van der Waals surface area (Å²) in [5.41, 5.74) is 4.83. The third-order valence-electron chi connectivity index (χ3n) is 9.10. The van der Waals surface area contributed by atoms with E-state index in [0.29, 0.717) is 30.8 Å². The summed E-state index contributed by atoms with van der Waals surface area (Å²) in [7, 11) is 6.52. The van der Waals surface area contributed by atoms with Crippen LogP contribution < -0.4 is 14.8 Å². The largest absolute Gasteiger partial charge is 0.498 e. The van der Waals surface area contributed by atoms with Crippen LogP contribution in [0, 0.1) is 5.92 Å². The van der Waals surface area contributed by atoms with E-state index in [1.807, 2.05) is 55.5 Å². The van der Waals surface area contributed by atoms with E-state index in [2.05, 4.69) is 53.9 Å². The smallest absolute Gasteiger partial charge is 0.165 e. The zero-order valence-electron chi connectivity index (χ0n) is 30.1. The molecule has 1 aliphatic carbocycles. The Bertz CT molecular complexity index is 1550. The highest BCUT2D eigenvalue weighted by Gasteiger charge is 2.38. The number of benzene rings is 3. The van der Waals surface area contributed by atoms with Crippen molar-refractivity contribution < 1.29 is 33.6 Å². The maximum atomic E-state index is 14.0. The first-order valence-corrected chi connectivity index (χ1v) is 17.3. The molecule has 8 heteroatoms. The van der Waals surface area contributed by atoms with Crippen LogP contribution >= 0.6 is 0 Å². The summed E-state index contributed by atoms with van der Waals surface area (Å²) in [5, 5.41) is 13.4. The van der Waals surface area contributed by atoms with E-state index < -0.39 is 0 Å². The molecule has 0 bridgehead atoms. The van der Waals surface area contributed by atoms with E-state index in [1.54, 1.807) is 28.4 Å². The molecule has 268 valence electrons. The van der Waals surface area contributed by atoms with Gasteiger partial charge in [0.15, 0.2) is 5.78 Å². The van der Waals surface area contributed by atoms with Gasteiger partial charge in [0, 0.05) is 37.6 Å². The van der Waals surface area contributed by atoms with E-state index in [-0.39, 0.29) is 43.0 Å². The summed E-state index contributed by atoms with van der Waals surface area (Å²) in [5.74, 6) is 1.97. The Morgan fingerprint density at radius 2 is 1.54 bits per heavy atom. The molecular formula is C42H53NO7. The molecule has 0 aliphatic heterocycles. The van der Waals surface area contributed by atoms with Crippen molar-refractivity contribution in [3.63, 3.8) is 0 Å². The monoisotopic (exact) mass is 683 g/mol. The maximum absolute atomic E-state index is 14.0. The van der Waals surface area contributed by atoms with E-state index >= 15 is 0 Å². The summed E-state index contributed by atoms with van der Waals surface area (Å²) in [6.45, 7) is 2.90. The molecule has 0 fully saturated rings. The molecule has 8 nitrogen and oxygen atoms in total. The molecule has 0 saturated heterocycles. The number of Topliss-reactive ketones (excluding diaryl/α,β-unsaturated/α-hetero) is 1. The highest BCUT2D eigenvalue weighted by Crippen LogP contribution is 2.37. The number of ketones is 1. The first-order valence-electron chi connectivity index (χ1n) is 17.3.